The van der Waals surface area contributed by atoms with Gasteiger partial charge in [0.25, 0.3) is 0 Å². The van der Waals surface area contributed by atoms with Gasteiger partial charge in [-0.25, -0.2) is 0 Å². The van der Waals surface area contributed by atoms with Gasteiger partial charge in [0.2, 0.25) is 0 Å². The van der Waals surface area contributed by atoms with Crippen molar-refractivity contribution in [2.45, 2.75) is 0 Å². The second-order valence-corrected chi connectivity index (χ2v) is 4.25. The van der Waals surface area contributed by atoms with Crippen molar-refractivity contribution in [1.29, 1.82) is 0 Å². The molecule has 0 fully saturated rings. The fourth-order valence-corrected chi connectivity index (χ4v) is 2.20. The summed E-state index contributed by atoms with van der Waals surface area (Å²) in [6.45, 7) is 0.0917. The number of ether oxygens (including phenoxy) is 1. The number of nitrogen functional groups attached to an aromatic ring is 2. The van der Waals surface area contributed by atoms with Crippen molar-refractivity contribution in [2.75, 3.05) is 24.7 Å². The lowest BCUT2D eigenvalue weighted by Crippen LogP contribution is -2.04. The van der Waals surface area contributed by atoms with Crippen LogP contribution in [-0.4, -0.2) is 18.3 Å². The number of aliphatic hydroxyl groups is 1. The fraction of sp³-hybridized carbons (Fsp3) is 0.143. The van der Waals surface area contributed by atoms with Crippen LogP contribution in [0.3, 0.4) is 0 Å². The molecule has 0 bridgehead atoms. The highest BCUT2D eigenvalue weighted by molar-refractivity contribution is 6.15. The molecule has 0 saturated carbocycles. The molecule has 0 saturated heterocycles. The number of furan rings is 1. The Bertz CT molecular complexity index is 749. The molecule has 0 radical (unpaired) electrons. The minimum Gasteiger partial charge on any atom is -0.489 e. The summed E-state index contributed by atoms with van der Waals surface area (Å²) in [4.78, 5) is 0. The minimum absolute atomic E-state index is 0.0798. The molecule has 1 heterocycles. The second kappa shape index (κ2) is 4.37. The SMILES string of the molecule is Nc1cc(OCCO)c(N)c2c1oc1ccccc12. The summed E-state index contributed by atoms with van der Waals surface area (Å²) in [6.07, 6.45) is 0. The van der Waals surface area contributed by atoms with Crippen LogP contribution in [0.2, 0.25) is 0 Å². The van der Waals surface area contributed by atoms with Gasteiger partial charge in [0.1, 0.15) is 17.9 Å². The van der Waals surface area contributed by atoms with Crippen molar-refractivity contribution in [3.63, 3.8) is 0 Å². The smallest absolute Gasteiger partial charge is 0.160 e. The van der Waals surface area contributed by atoms with Crippen molar-refractivity contribution in [1.82, 2.24) is 0 Å². The van der Waals surface area contributed by atoms with Crippen molar-refractivity contribution in [2.24, 2.45) is 0 Å². The van der Waals surface area contributed by atoms with E-state index in [0.29, 0.717) is 22.7 Å². The van der Waals surface area contributed by atoms with E-state index in [-0.39, 0.29) is 13.2 Å². The predicted molar refractivity (Wildman–Crippen MR) is 75.1 cm³/mol. The monoisotopic (exact) mass is 258 g/mol. The summed E-state index contributed by atoms with van der Waals surface area (Å²) in [6, 6.07) is 9.21. The molecule has 98 valence electrons. The molecule has 3 aromatic rings. The summed E-state index contributed by atoms with van der Waals surface area (Å²) >= 11 is 0. The quantitative estimate of drug-likeness (QED) is 0.625. The zero-order chi connectivity index (χ0) is 13.4. The summed E-state index contributed by atoms with van der Waals surface area (Å²) in [5, 5.41) is 10.5. The molecule has 0 atom stereocenters. The van der Waals surface area contributed by atoms with Crippen molar-refractivity contribution in [3.8, 4) is 5.75 Å². The van der Waals surface area contributed by atoms with Gasteiger partial charge in [0, 0.05) is 11.5 Å². The van der Waals surface area contributed by atoms with Crippen molar-refractivity contribution < 1.29 is 14.3 Å². The molecule has 0 amide bonds. The van der Waals surface area contributed by atoms with Crippen LogP contribution in [-0.2, 0) is 0 Å². The van der Waals surface area contributed by atoms with Gasteiger partial charge in [-0.05, 0) is 6.07 Å². The van der Waals surface area contributed by atoms with E-state index in [1.165, 1.54) is 0 Å². The first-order valence-electron chi connectivity index (χ1n) is 5.95. The number of hydrogen-bond donors (Lipinski definition) is 3. The summed E-state index contributed by atoms with van der Waals surface area (Å²) in [5.41, 5.74) is 14.3. The normalized spacial score (nSPS) is 11.2. The molecule has 3 rings (SSSR count). The molecule has 5 nitrogen and oxygen atoms in total. The molecule has 0 aliphatic rings. The standard InChI is InChI=1S/C14H14N2O3/c15-9-7-11(18-6-5-17)13(16)12-8-3-1-2-4-10(8)19-14(9)12/h1-4,7,17H,5-6,15-16H2. The van der Waals surface area contributed by atoms with E-state index in [4.69, 9.17) is 25.7 Å². The second-order valence-electron chi connectivity index (χ2n) is 4.25. The summed E-state index contributed by atoms with van der Waals surface area (Å²) in [7, 11) is 0. The lowest BCUT2D eigenvalue weighted by atomic mass is 10.1. The predicted octanol–water partition coefficient (Wildman–Crippen LogP) is 2.12. The number of fused-ring (bicyclic) bond motifs is 3. The van der Waals surface area contributed by atoms with E-state index >= 15 is 0 Å². The molecular weight excluding hydrogens is 244 g/mol. The Morgan fingerprint density at radius 3 is 2.79 bits per heavy atom. The topological polar surface area (TPSA) is 94.6 Å². The maximum Gasteiger partial charge on any atom is 0.160 e. The van der Waals surface area contributed by atoms with Crippen LogP contribution >= 0.6 is 0 Å². The molecule has 0 unspecified atom stereocenters. The van der Waals surface area contributed by atoms with Gasteiger partial charge in [-0.15, -0.1) is 0 Å². The Morgan fingerprint density at radius 2 is 2.00 bits per heavy atom. The van der Waals surface area contributed by atoms with Crippen molar-refractivity contribution in [3.05, 3.63) is 30.3 Å². The first-order chi connectivity index (χ1) is 9.22. The van der Waals surface area contributed by atoms with E-state index in [2.05, 4.69) is 0 Å². The van der Waals surface area contributed by atoms with E-state index in [9.17, 15) is 0 Å². The first kappa shape index (κ1) is 11.7. The van der Waals surface area contributed by atoms with Crippen molar-refractivity contribution >= 4 is 33.3 Å². The number of hydrogen-bond acceptors (Lipinski definition) is 5. The first-order valence-corrected chi connectivity index (χ1v) is 5.95. The average Bonchev–Trinajstić information content (AvgIpc) is 2.81. The highest BCUT2D eigenvalue weighted by atomic mass is 16.5. The molecule has 1 aromatic heterocycles. The van der Waals surface area contributed by atoms with Gasteiger partial charge < -0.3 is 25.7 Å². The van der Waals surface area contributed by atoms with Crippen LogP contribution in [0.4, 0.5) is 11.4 Å². The van der Waals surface area contributed by atoms with Gasteiger partial charge in [-0.1, -0.05) is 18.2 Å². The average molecular weight is 258 g/mol. The number of aliphatic hydroxyl groups excluding tert-OH is 1. The Labute approximate surface area is 109 Å². The molecule has 5 N–H and O–H groups in total. The van der Waals surface area contributed by atoms with Gasteiger partial charge >= 0.3 is 0 Å². The Morgan fingerprint density at radius 1 is 1.21 bits per heavy atom. The number of anilines is 2. The van der Waals surface area contributed by atoms with E-state index in [0.717, 1.165) is 16.4 Å². The number of benzene rings is 2. The molecule has 0 spiro atoms. The molecule has 19 heavy (non-hydrogen) atoms. The fourth-order valence-electron chi connectivity index (χ4n) is 2.20. The zero-order valence-corrected chi connectivity index (χ0v) is 10.2. The number of nitrogens with two attached hydrogens (primary N) is 2. The van der Waals surface area contributed by atoms with Crippen LogP contribution in [0.15, 0.2) is 34.7 Å². The summed E-state index contributed by atoms with van der Waals surface area (Å²) in [5.74, 6) is 0.464. The third-order valence-corrected chi connectivity index (χ3v) is 3.03. The Balaban J connectivity index is 2.33. The molecule has 5 heteroatoms. The van der Waals surface area contributed by atoms with E-state index in [1.54, 1.807) is 6.07 Å². The van der Waals surface area contributed by atoms with Gasteiger partial charge in [0.05, 0.1) is 23.4 Å². The lowest BCUT2D eigenvalue weighted by molar-refractivity contribution is 0.202. The Hall–Kier alpha value is -2.40. The van der Waals surface area contributed by atoms with Crippen LogP contribution in [0.25, 0.3) is 21.9 Å². The van der Waals surface area contributed by atoms with Gasteiger partial charge in [-0.3, -0.25) is 0 Å². The number of para-hydroxylation sites is 1. The molecule has 0 aliphatic heterocycles. The summed E-state index contributed by atoms with van der Waals surface area (Å²) < 4.78 is 11.1. The zero-order valence-electron chi connectivity index (χ0n) is 10.2. The third-order valence-electron chi connectivity index (χ3n) is 3.03. The molecular formula is C14H14N2O3. The van der Waals surface area contributed by atoms with E-state index in [1.807, 2.05) is 24.3 Å². The highest BCUT2D eigenvalue weighted by Gasteiger charge is 2.16. The third kappa shape index (κ3) is 1.75. The maximum absolute atomic E-state index is 8.82. The largest absolute Gasteiger partial charge is 0.489 e. The maximum atomic E-state index is 8.82. The molecule has 0 aliphatic carbocycles. The lowest BCUT2D eigenvalue weighted by Gasteiger charge is -2.09. The Kier molecular flexibility index (Phi) is 2.68. The molecule has 2 aromatic carbocycles. The van der Waals surface area contributed by atoms with Crippen LogP contribution < -0.4 is 16.2 Å². The van der Waals surface area contributed by atoms with Gasteiger partial charge in [0.15, 0.2) is 5.58 Å². The van der Waals surface area contributed by atoms with Crippen LogP contribution in [0, 0.1) is 0 Å². The minimum atomic E-state index is -0.0798. The van der Waals surface area contributed by atoms with E-state index < -0.39 is 0 Å². The van der Waals surface area contributed by atoms with Crippen LogP contribution in [0.5, 0.6) is 5.75 Å². The highest BCUT2D eigenvalue weighted by Crippen LogP contribution is 2.41. The number of rotatable bonds is 3. The van der Waals surface area contributed by atoms with Gasteiger partial charge in [-0.2, -0.15) is 0 Å². The van der Waals surface area contributed by atoms with Crippen LogP contribution in [0.1, 0.15) is 0 Å².